The predicted molar refractivity (Wildman–Crippen MR) is 117 cm³/mol. The molecule has 1 fully saturated rings. The van der Waals surface area contributed by atoms with Crippen LogP contribution >= 0.6 is 23.4 Å². The number of carbonyl (C=O) groups excluding carboxylic acids is 2. The summed E-state index contributed by atoms with van der Waals surface area (Å²) in [5, 5.41) is 3.58. The number of benzene rings is 2. The van der Waals surface area contributed by atoms with E-state index >= 15 is 0 Å². The van der Waals surface area contributed by atoms with E-state index in [0.717, 1.165) is 35.1 Å². The van der Waals surface area contributed by atoms with Crippen molar-refractivity contribution in [1.82, 2.24) is 4.90 Å². The molecule has 0 spiro atoms. The zero-order chi connectivity index (χ0) is 19.9. The Bertz CT molecular complexity index is 838. The minimum absolute atomic E-state index is 0.0825. The minimum Gasteiger partial charge on any atom is -0.368 e. The van der Waals surface area contributed by atoms with E-state index in [1.807, 2.05) is 60.4 Å². The Kier molecular flexibility index (Phi) is 7.23. The third-order valence-electron chi connectivity index (χ3n) is 4.57. The lowest BCUT2D eigenvalue weighted by molar-refractivity contribution is -0.128. The van der Waals surface area contributed by atoms with Crippen molar-refractivity contribution in [1.29, 1.82) is 0 Å². The van der Waals surface area contributed by atoms with Crippen molar-refractivity contribution in [3.63, 3.8) is 0 Å². The number of anilines is 2. The van der Waals surface area contributed by atoms with E-state index in [1.165, 1.54) is 11.8 Å². The number of amides is 2. The fraction of sp³-hybridized carbons (Fsp3) is 0.333. The molecule has 1 saturated heterocycles. The van der Waals surface area contributed by atoms with Crippen LogP contribution in [0.25, 0.3) is 0 Å². The summed E-state index contributed by atoms with van der Waals surface area (Å²) < 4.78 is 0. The molecule has 2 aromatic carbocycles. The largest absolute Gasteiger partial charge is 0.368 e. The second kappa shape index (κ2) is 9.85. The summed E-state index contributed by atoms with van der Waals surface area (Å²) >= 11 is 7.41. The molecule has 1 N–H and O–H groups in total. The lowest BCUT2D eigenvalue weighted by Gasteiger charge is -2.36. The van der Waals surface area contributed by atoms with Crippen molar-refractivity contribution in [3.05, 3.63) is 59.1 Å². The number of aryl methyl sites for hydroxylation is 1. The highest BCUT2D eigenvalue weighted by molar-refractivity contribution is 8.00. The summed E-state index contributed by atoms with van der Waals surface area (Å²) in [6.45, 7) is 4.91. The van der Waals surface area contributed by atoms with Gasteiger partial charge in [0.2, 0.25) is 11.8 Å². The van der Waals surface area contributed by atoms with Crippen molar-refractivity contribution >= 4 is 46.6 Å². The van der Waals surface area contributed by atoms with Gasteiger partial charge >= 0.3 is 0 Å². The molecule has 0 radical (unpaired) electrons. The summed E-state index contributed by atoms with van der Waals surface area (Å²) in [4.78, 5) is 28.5. The Morgan fingerprint density at radius 2 is 1.79 bits per heavy atom. The number of hydrogen-bond donors (Lipinski definition) is 1. The first-order valence-electron chi connectivity index (χ1n) is 9.24. The average molecular weight is 418 g/mol. The molecule has 0 unspecified atom stereocenters. The maximum Gasteiger partial charge on any atom is 0.234 e. The van der Waals surface area contributed by atoms with Crippen LogP contribution in [-0.2, 0) is 9.59 Å². The molecular weight excluding hydrogens is 394 g/mol. The van der Waals surface area contributed by atoms with E-state index < -0.39 is 0 Å². The maximum atomic E-state index is 12.4. The molecule has 0 bridgehead atoms. The number of piperazine rings is 1. The van der Waals surface area contributed by atoms with E-state index in [2.05, 4.69) is 10.2 Å². The van der Waals surface area contributed by atoms with Gasteiger partial charge in [-0.25, -0.2) is 0 Å². The number of hydrogen-bond acceptors (Lipinski definition) is 4. The molecule has 7 heteroatoms. The second-order valence-corrected chi connectivity index (χ2v) is 8.18. The molecular formula is C21H24ClN3O2S. The second-order valence-electron chi connectivity index (χ2n) is 6.76. The van der Waals surface area contributed by atoms with Gasteiger partial charge < -0.3 is 15.1 Å². The van der Waals surface area contributed by atoms with Gasteiger partial charge in [-0.1, -0.05) is 29.8 Å². The van der Waals surface area contributed by atoms with Crippen LogP contribution in [0.15, 0.2) is 48.5 Å². The summed E-state index contributed by atoms with van der Waals surface area (Å²) in [6.07, 6.45) is 0. The highest BCUT2D eigenvalue weighted by atomic mass is 35.5. The van der Waals surface area contributed by atoms with E-state index in [-0.39, 0.29) is 17.6 Å². The van der Waals surface area contributed by atoms with Crippen molar-refractivity contribution in [2.75, 3.05) is 47.9 Å². The van der Waals surface area contributed by atoms with E-state index in [9.17, 15) is 9.59 Å². The first kappa shape index (κ1) is 20.6. The predicted octanol–water partition coefficient (Wildman–Crippen LogP) is 3.67. The van der Waals surface area contributed by atoms with Gasteiger partial charge in [-0.15, -0.1) is 11.8 Å². The average Bonchev–Trinajstić information content (AvgIpc) is 2.68. The Labute approximate surface area is 175 Å². The molecule has 5 nitrogen and oxygen atoms in total. The molecule has 0 aromatic heterocycles. The number of thioether (sulfide) groups is 1. The van der Waals surface area contributed by atoms with Crippen LogP contribution in [0.4, 0.5) is 11.4 Å². The first-order valence-corrected chi connectivity index (χ1v) is 10.8. The van der Waals surface area contributed by atoms with Crippen LogP contribution < -0.4 is 10.2 Å². The standard InChI is InChI=1S/C21H24ClN3O2S/c1-16-4-2-6-18(12-16)23-20(26)14-28-15-21(27)25-10-8-24(9-11-25)19-7-3-5-17(22)13-19/h2-7,12-13H,8-11,14-15H2,1H3,(H,23,26). The molecule has 28 heavy (non-hydrogen) atoms. The summed E-state index contributed by atoms with van der Waals surface area (Å²) in [5.74, 6) is 0.578. The molecule has 148 valence electrons. The summed E-state index contributed by atoms with van der Waals surface area (Å²) in [7, 11) is 0. The quantitative estimate of drug-likeness (QED) is 0.779. The lowest BCUT2D eigenvalue weighted by atomic mass is 10.2. The fourth-order valence-electron chi connectivity index (χ4n) is 3.13. The summed E-state index contributed by atoms with van der Waals surface area (Å²) in [5.41, 5.74) is 2.97. The molecule has 0 saturated carbocycles. The van der Waals surface area contributed by atoms with Crippen LogP contribution in [0.3, 0.4) is 0 Å². The molecule has 2 amide bonds. The van der Waals surface area contributed by atoms with Crippen LogP contribution in [0, 0.1) is 6.92 Å². The van der Waals surface area contributed by atoms with Gasteiger partial charge in [0.05, 0.1) is 11.5 Å². The molecule has 1 aliphatic heterocycles. The molecule has 2 aromatic rings. The van der Waals surface area contributed by atoms with Gasteiger partial charge in [-0.2, -0.15) is 0 Å². The Morgan fingerprint density at radius 1 is 1.04 bits per heavy atom. The number of nitrogens with one attached hydrogen (secondary N) is 1. The minimum atomic E-state index is -0.0887. The monoisotopic (exact) mass is 417 g/mol. The number of rotatable bonds is 6. The third kappa shape index (κ3) is 5.91. The molecule has 0 atom stereocenters. The van der Waals surface area contributed by atoms with Crippen LogP contribution in [0.2, 0.25) is 5.02 Å². The van der Waals surface area contributed by atoms with Crippen LogP contribution in [-0.4, -0.2) is 54.4 Å². The van der Waals surface area contributed by atoms with Gasteiger partial charge in [0.25, 0.3) is 0 Å². The fourth-order valence-corrected chi connectivity index (χ4v) is 4.03. The molecule has 3 rings (SSSR count). The number of nitrogens with zero attached hydrogens (tertiary/aromatic N) is 2. The van der Waals surface area contributed by atoms with Crippen molar-refractivity contribution < 1.29 is 9.59 Å². The van der Waals surface area contributed by atoms with E-state index in [1.54, 1.807) is 0 Å². The van der Waals surface area contributed by atoms with E-state index in [4.69, 9.17) is 11.6 Å². The highest BCUT2D eigenvalue weighted by Crippen LogP contribution is 2.21. The Hall–Kier alpha value is -2.18. The first-order chi connectivity index (χ1) is 13.5. The van der Waals surface area contributed by atoms with Gasteiger partial charge in [-0.3, -0.25) is 9.59 Å². The topological polar surface area (TPSA) is 52.7 Å². The number of halogens is 1. The zero-order valence-electron chi connectivity index (χ0n) is 15.9. The van der Waals surface area contributed by atoms with Gasteiger partial charge in [0, 0.05) is 42.6 Å². The van der Waals surface area contributed by atoms with Crippen molar-refractivity contribution in [3.8, 4) is 0 Å². The Morgan fingerprint density at radius 3 is 2.50 bits per heavy atom. The third-order valence-corrected chi connectivity index (χ3v) is 5.72. The molecule has 0 aliphatic carbocycles. The van der Waals surface area contributed by atoms with Crippen molar-refractivity contribution in [2.24, 2.45) is 0 Å². The van der Waals surface area contributed by atoms with E-state index in [0.29, 0.717) is 18.8 Å². The molecule has 1 aliphatic rings. The van der Waals surface area contributed by atoms with Gasteiger partial charge in [0.15, 0.2) is 0 Å². The SMILES string of the molecule is Cc1cccc(NC(=O)CSCC(=O)N2CCN(c3cccc(Cl)c3)CC2)c1. The molecule has 1 heterocycles. The Balaban J connectivity index is 1.38. The van der Waals surface area contributed by atoms with Crippen LogP contribution in [0.1, 0.15) is 5.56 Å². The normalized spacial score (nSPS) is 14.1. The smallest absolute Gasteiger partial charge is 0.234 e. The highest BCUT2D eigenvalue weighted by Gasteiger charge is 2.21. The van der Waals surface area contributed by atoms with Crippen LogP contribution in [0.5, 0.6) is 0 Å². The zero-order valence-corrected chi connectivity index (χ0v) is 17.4. The van der Waals surface area contributed by atoms with Crippen molar-refractivity contribution in [2.45, 2.75) is 6.92 Å². The maximum absolute atomic E-state index is 12.4. The van der Waals surface area contributed by atoms with Gasteiger partial charge in [-0.05, 0) is 42.8 Å². The number of carbonyl (C=O) groups is 2. The lowest BCUT2D eigenvalue weighted by Crippen LogP contribution is -2.49. The van der Waals surface area contributed by atoms with Gasteiger partial charge in [0.1, 0.15) is 0 Å². The summed E-state index contributed by atoms with van der Waals surface area (Å²) in [6, 6.07) is 15.5.